The molecule has 0 radical (unpaired) electrons. The van der Waals surface area contributed by atoms with Crippen molar-refractivity contribution in [1.29, 1.82) is 5.26 Å². The van der Waals surface area contributed by atoms with Crippen LogP contribution < -0.4 is 5.32 Å². The molecule has 0 bridgehead atoms. The first kappa shape index (κ1) is 12.5. The Morgan fingerprint density at radius 1 is 1.56 bits per heavy atom. The van der Waals surface area contributed by atoms with Gasteiger partial charge in [0, 0.05) is 0 Å². The summed E-state index contributed by atoms with van der Waals surface area (Å²) in [6.45, 7) is 0. The number of nitriles is 1. The Hall–Kier alpha value is -1.97. The van der Waals surface area contributed by atoms with Crippen LogP contribution in [-0.4, -0.2) is 10.9 Å². The lowest BCUT2D eigenvalue weighted by molar-refractivity contribution is 0.102. The smallest absolute Gasteiger partial charge is 0.261 e. The molecule has 18 heavy (non-hydrogen) atoms. The number of hydrogen-bond acceptors (Lipinski definition) is 4. The number of carbonyl (C=O) groups is 1. The van der Waals surface area contributed by atoms with Gasteiger partial charge in [0.2, 0.25) is 0 Å². The molecule has 0 unspecified atom stereocenters. The summed E-state index contributed by atoms with van der Waals surface area (Å²) in [7, 11) is 0. The average molecular weight is 282 g/mol. The third kappa shape index (κ3) is 2.47. The van der Waals surface area contributed by atoms with Gasteiger partial charge in [0.15, 0.2) is 5.13 Å². The predicted octanol–water partition coefficient (Wildman–Crippen LogP) is 3.06. The Morgan fingerprint density at radius 3 is 2.94 bits per heavy atom. The Labute approximate surface area is 111 Å². The maximum atomic E-state index is 13.5. The first-order chi connectivity index (χ1) is 8.61. The van der Waals surface area contributed by atoms with E-state index in [0.29, 0.717) is 4.88 Å². The molecule has 2 rings (SSSR count). The Morgan fingerprint density at radius 2 is 2.33 bits per heavy atom. The van der Waals surface area contributed by atoms with Crippen molar-refractivity contribution in [3.8, 4) is 6.07 Å². The molecule has 0 atom stereocenters. The highest BCUT2D eigenvalue weighted by atomic mass is 35.5. The van der Waals surface area contributed by atoms with Gasteiger partial charge >= 0.3 is 0 Å². The van der Waals surface area contributed by atoms with E-state index in [-0.39, 0.29) is 15.7 Å². The van der Waals surface area contributed by atoms with E-state index in [2.05, 4.69) is 10.3 Å². The van der Waals surface area contributed by atoms with E-state index in [0.717, 1.165) is 17.4 Å². The monoisotopic (exact) mass is 281 g/mol. The molecule has 0 saturated carbocycles. The van der Waals surface area contributed by atoms with Crippen LogP contribution >= 0.6 is 22.9 Å². The van der Waals surface area contributed by atoms with Crippen molar-refractivity contribution in [2.24, 2.45) is 0 Å². The van der Waals surface area contributed by atoms with Crippen LogP contribution in [0.25, 0.3) is 0 Å². The quantitative estimate of drug-likeness (QED) is 0.920. The SMILES string of the molecule is N#Cc1cnc(NC(=O)c2c(F)cccc2Cl)s1. The third-order valence-electron chi connectivity index (χ3n) is 2.03. The molecule has 1 amide bonds. The van der Waals surface area contributed by atoms with Gasteiger partial charge in [0.25, 0.3) is 5.91 Å². The van der Waals surface area contributed by atoms with E-state index in [1.807, 2.05) is 6.07 Å². The molecule has 0 aliphatic heterocycles. The van der Waals surface area contributed by atoms with E-state index in [1.54, 1.807) is 0 Å². The van der Waals surface area contributed by atoms with E-state index >= 15 is 0 Å². The van der Waals surface area contributed by atoms with Crippen molar-refractivity contribution < 1.29 is 9.18 Å². The molecular formula is C11H5ClFN3OS. The number of carbonyl (C=O) groups excluding carboxylic acids is 1. The number of nitrogens with zero attached hydrogens (tertiary/aromatic N) is 2. The highest BCUT2D eigenvalue weighted by Crippen LogP contribution is 2.22. The molecule has 0 spiro atoms. The summed E-state index contributed by atoms with van der Waals surface area (Å²) in [6.07, 6.45) is 1.32. The standard InChI is InChI=1S/C11H5ClFN3OS/c12-7-2-1-3-8(13)9(7)10(17)16-11-15-5-6(4-14)18-11/h1-3,5H,(H,15,16,17). The van der Waals surface area contributed by atoms with Crippen molar-refractivity contribution in [2.75, 3.05) is 5.32 Å². The zero-order valence-electron chi connectivity index (χ0n) is 8.78. The Kier molecular flexibility index (Phi) is 3.55. The van der Waals surface area contributed by atoms with E-state index in [4.69, 9.17) is 16.9 Å². The summed E-state index contributed by atoms with van der Waals surface area (Å²) in [4.78, 5) is 16.0. The number of nitrogens with one attached hydrogen (secondary N) is 1. The predicted molar refractivity (Wildman–Crippen MR) is 66.2 cm³/mol. The molecule has 0 fully saturated rings. The third-order valence-corrected chi connectivity index (χ3v) is 3.16. The van der Waals surface area contributed by atoms with Crippen molar-refractivity contribution >= 4 is 34.0 Å². The lowest BCUT2D eigenvalue weighted by Gasteiger charge is -2.04. The molecule has 90 valence electrons. The fourth-order valence-corrected chi connectivity index (χ4v) is 2.12. The van der Waals surface area contributed by atoms with Gasteiger partial charge in [-0.05, 0) is 12.1 Å². The zero-order valence-corrected chi connectivity index (χ0v) is 10.3. The zero-order chi connectivity index (χ0) is 13.1. The minimum absolute atomic E-state index is 0.0181. The van der Waals surface area contributed by atoms with E-state index in [1.165, 1.54) is 18.3 Å². The molecule has 0 aliphatic carbocycles. The van der Waals surface area contributed by atoms with Gasteiger partial charge < -0.3 is 0 Å². The minimum Gasteiger partial charge on any atom is -0.298 e. The van der Waals surface area contributed by atoms with Gasteiger partial charge in [-0.25, -0.2) is 9.37 Å². The minimum atomic E-state index is -0.711. The van der Waals surface area contributed by atoms with Crippen LogP contribution in [-0.2, 0) is 0 Å². The lowest BCUT2D eigenvalue weighted by Crippen LogP contribution is -2.14. The molecule has 7 heteroatoms. The summed E-state index contributed by atoms with van der Waals surface area (Å²) < 4.78 is 13.5. The Bertz CT molecular complexity index is 630. The van der Waals surface area contributed by atoms with E-state index in [9.17, 15) is 9.18 Å². The molecule has 1 heterocycles. The van der Waals surface area contributed by atoms with E-state index < -0.39 is 11.7 Å². The topological polar surface area (TPSA) is 65.8 Å². The van der Waals surface area contributed by atoms with Crippen LogP contribution in [0.3, 0.4) is 0 Å². The summed E-state index contributed by atoms with van der Waals surface area (Å²) in [5.74, 6) is -1.41. The van der Waals surface area contributed by atoms with Gasteiger partial charge in [-0.2, -0.15) is 5.26 Å². The number of aromatic nitrogens is 1. The molecule has 1 N–H and O–H groups in total. The highest BCUT2D eigenvalue weighted by molar-refractivity contribution is 7.16. The second kappa shape index (κ2) is 5.12. The molecular weight excluding hydrogens is 277 g/mol. The van der Waals surface area contributed by atoms with Gasteiger partial charge in [0.1, 0.15) is 16.8 Å². The molecule has 4 nitrogen and oxygen atoms in total. The lowest BCUT2D eigenvalue weighted by atomic mass is 10.2. The number of rotatable bonds is 2. The first-order valence-corrected chi connectivity index (χ1v) is 5.92. The number of amides is 1. The molecule has 0 saturated heterocycles. The largest absolute Gasteiger partial charge is 0.298 e. The van der Waals surface area contributed by atoms with Gasteiger partial charge in [0.05, 0.1) is 16.8 Å². The van der Waals surface area contributed by atoms with Gasteiger partial charge in [-0.15, -0.1) is 0 Å². The van der Waals surface area contributed by atoms with Crippen molar-refractivity contribution in [1.82, 2.24) is 4.98 Å². The van der Waals surface area contributed by atoms with Crippen molar-refractivity contribution in [3.63, 3.8) is 0 Å². The second-order valence-electron chi connectivity index (χ2n) is 3.19. The molecule has 1 aromatic heterocycles. The van der Waals surface area contributed by atoms with Crippen molar-refractivity contribution in [2.45, 2.75) is 0 Å². The van der Waals surface area contributed by atoms with Crippen LogP contribution in [0.4, 0.5) is 9.52 Å². The maximum Gasteiger partial charge on any atom is 0.261 e. The number of benzene rings is 1. The maximum absolute atomic E-state index is 13.5. The average Bonchev–Trinajstić information content (AvgIpc) is 2.76. The second-order valence-corrected chi connectivity index (χ2v) is 4.63. The number of thiazole rings is 1. The molecule has 2 aromatic rings. The molecule has 0 aliphatic rings. The van der Waals surface area contributed by atoms with Crippen molar-refractivity contribution in [3.05, 3.63) is 45.7 Å². The van der Waals surface area contributed by atoms with Gasteiger partial charge in [-0.3, -0.25) is 10.1 Å². The van der Waals surface area contributed by atoms with Crippen LogP contribution in [0.2, 0.25) is 5.02 Å². The fraction of sp³-hybridized carbons (Fsp3) is 0. The summed E-state index contributed by atoms with van der Waals surface area (Å²) in [5.41, 5.74) is -0.243. The normalized spacial score (nSPS) is 9.83. The molecule has 1 aromatic carbocycles. The Balaban J connectivity index is 2.25. The van der Waals surface area contributed by atoms with Crippen LogP contribution in [0.15, 0.2) is 24.4 Å². The highest BCUT2D eigenvalue weighted by Gasteiger charge is 2.16. The van der Waals surface area contributed by atoms with Crippen LogP contribution in [0.5, 0.6) is 0 Å². The summed E-state index contributed by atoms with van der Waals surface area (Å²) in [5, 5.41) is 11.2. The van der Waals surface area contributed by atoms with Crippen LogP contribution in [0, 0.1) is 17.1 Å². The number of hydrogen-bond donors (Lipinski definition) is 1. The summed E-state index contributed by atoms with van der Waals surface area (Å²) >= 11 is 6.75. The number of halogens is 2. The van der Waals surface area contributed by atoms with Crippen LogP contribution in [0.1, 0.15) is 15.2 Å². The first-order valence-electron chi connectivity index (χ1n) is 4.73. The van der Waals surface area contributed by atoms with Gasteiger partial charge in [-0.1, -0.05) is 29.0 Å². The summed E-state index contributed by atoms with van der Waals surface area (Å²) in [6, 6.07) is 5.86. The fourth-order valence-electron chi connectivity index (χ4n) is 1.26. The number of anilines is 1.